The second-order valence-corrected chi connectivity index (χ2v) is 10.8. The minimum absolute atomic E-state index is 0.0706. The van der Waals surface area contributed by atoms with Crippen LogP contribution < -0.4 is 10.1 Å². The highest BCUT2D eigenvalue weighted by atomic mass is 19.2. The Morgan fingerprint density at radius 2 is 1.45 bits per heavy atom. The standard InChI is InChI=1S/C29H35F5N2O6/c1-17(2)15-19(26(37)41-25-23(33)21(31)20(30)22(32)24(25)34)36(28(39)42-29(3,4)5)14-10-9-13-35-27(38)40-16-18-11-7-6-8-12-18/h6-8,11-12,17,19H,9-10,13-16H2,1-5H3,(H,35,38)/t19-/m1/s1. The van der Waals surface area contributed by atoms with Crippen LogP contribution in [0.2, 0.25) is 0 Å². The predicted molar refractivity (Wildman–Crippen MR) is 142 cm³/mol. The molecular formula is C29H35F5N2O6. The third-order valence-corrected chi connectivity index (χ3v) is 5.65. The van der Waals surface area contributed by atoms with Crippen LogP contribution in [-0.2, 0) is 20.9 Å². The molecule has 2 rings (SSSR count). The van der Waals surface area contributed by atoms with Gasteiger partial charge in [0.2, 0.25) is 34.8 Å². The molecule has 2 aromatic rings. The fourth-order valence-corrected chi connectivity index (χ4v) is 3.71. The number of nitrogens with zero attached hydrogens (tertiary/aromatic N) is 1. The summed E-state index contributed by atoms with van der Waals surface area (Å²) in [6.07, 6.45) is -1.16. The fraction of sp³-hybridized carbons (Fsp3) is 0.483. The molecular weight excluding hydrogens is 567 g/mol. The summed E-state index contributed by atoms with van der Waals surface area (Å²) in [6, 6.07) is 7.52. The Morgan fingerprint density at radius 1 is 0.881 bits per heavy atom. The number of nitrogens with one attached hydrogen (secondary N) is 1. The molecule has 1 atom stereocenters. The highest BCUT2D eigenvalue weighted by Crippen LogP contribution is 2.30. The normalized spacial score (nSPS) is 12.1. The van der Waals surface area contributed by atoms with Gasteiger partial charge in [0.15, 0.2) is 0 Å². The van der Waals surface area contributed by atoms with Crippen molar-refractivity contribution in [3.05, 3.63) is 65.0 Å². The molecule has 0 unspecified atom stereocenters. The number of hydrogen-bond donors (Lipinski definition) is 1. The van der Waals surface area contributed by atoms with E-state index < -0.39 is 64.6 Å². The van der Waals surface area contributed by atoms with Gasteiger partial charge in [0, 0.05) is 13.1 Å². The average Bonchev–Trinajstić information content (AvgIpc) is 2.92. The van der Waals surface area contributed by atoms with Crippen molar-refractivity contribution >= 4 is 18.2 Å². The molecule has 0 fully saturated rings. The first-order chi connectivity index (χ1) is 19.6. The Balaban J connectivity index is 2.15. The maximum absolute atomic E-state index is 14.2. The zero-order valence-electron chi connectivity index (χ0n) is 24.1. The zero-order valence-corrected chi connectivity index (χ0v) is 24.1. The summed E-state index contributed by atoms with van der Waals surface area (Å²) < 4.78 is 84.5. The van der Waals surface area contributed by atoms with Gasteiger partial charge in [0.05, 0.1) is 0 Å². The number of hydrogen-bond acceptors (Lipinski definition) is 6. The molecule has 0 heterocycles. The maximum Gasteiger partial charge on any atom is 0.411 e. The van der Waals surface area contributed by atoms with Gasteiger partial charge in [-0.1, -0.05) is 44.2 Å². The minimum Gasteiger partial charge on any atom is -0.445 e. The summed E-state index contributed by atoms with van der Waals surface area (Å²) in [7, 11) is 0. The van der Waals surface area contributed by atoms with Gasteiger partial charge in [-0.3, -0.25) is 4.90 Å². The second kappa shape index (κ2) is 15.4. The van der Waals surface area contributed by atoms with Gasteiger partial charge < -0.3 is 19.5 Å². The number of ether oxygens (including phenoxy) is 3. The number of alkyl carbamates (subject to hydrolysis) is 1. The van der Waals surface area contributed by atoms with Crippen LogP contribution in [0.5, 0.6) is 5.75 Å². The third kappa shape index (κ3) is 10.2. The van der Waals surface area contributed by atoms with E-state index >= 15 is 0 Å². The van der Waals surface area contributed by atoms with Crippen LogP contribution in [0.1, 0.15) is 59.4 Å². The highest BCUT2D eigenvalue weighted by Gasteiger charge is 2.37. The molecule has 0 aliphatic heterocycles. The number of carbonyl (C=O) groups excluding carboxylic acids is 3. The molecule has 0 spiro atoms. The third-order valence-electron chi connectivity index (χ3n) is 5.65. The second-order valence-electron chi connectivity index (χ2n) is 10.8. The largest absolute Gasteiger partial charge is 0.445 e. The van der Waals surface area contributed by atoms with Gasteiger partial charge in [-0.25, -0.2) is 27.6 Å². The lowest BCUT2D eigenvalue weighted by Gasteiger charge is -2.33. The molecule has 42 heavy (non-hydrogen) atoms. The number of amides is 2. The smallest absolute Gasteiger partial charge is 0.411 e. The van der Waals surface area contributed by atoms with Crippen LogP contribution in [0.4, 0.5) is 31.5 Å². The molecule has 2 aromatic carbocycles. The van der Waals surface area contributed by atoms with Crippen molar-refractivity contribution in [2.45, 2.75) is 72.1 Å². The Hall–Kier alpha value is -3.90. The SMILES string of the molecule is CC(C)C[C@H](C(=O)Oc1c(F)c(F)c(F)c(F)c1F)N(CCCCNC(=O)OCc1ccccc1)C(=O)OC(C)(C)C. The maximum atomic E-state index is 14.2. The molecule has 0 aliphatic carbocycles. The molecule has 1 N–H and O–H groups in total. The highest BCUT2D eigenvalue weighted by molar-refractivity contribution is 5.83. The molecule has 8 nitrogen and oxygen atoms in total. The number of carbonyl (C=O) groups is 3. The van der Waals surface area contributed by atoms with E-state index in [0.29, 0.717) is 6.42 Å². The molecule has 0 bridgehead atoms. The lowest BCUT2D eigenvalue weighted by atomic mass is 10.0. The Bertz CT molecular complexity index is 1210. The first-order valence-corrected chi connectivity index (χ1v) is 13.3. The van der Waals surface area contributed by atoms with Crippen molar-refractivity contribution in [1.29, 1.82) is 0 Å². The van der Waals surface area contributed by atoms with Crippen LogP contribution in [0.25, 0.3) is 0 Å². The summed E-state index contributed by atoms with van der Waals surface area (Å²) in [5.41, 5.74) is -0.192. The quantitative estimate of drug-likeness (QED) is 0.0731. The molecule has 232 valence electrons. The summed E-state index contributed by atoms with van der Waals surface area (Å²) in [5, 5.41) is 2.57. The molecule has 0 saturated heterocycles. The van der Waals surface area contributed by atoms with Crippen molar-refractivity contribution < 1.29 is 50.5 Å². The molecule has 2 amide bonds. The van der Waals surface area contributed by atoms with Crippen LogP contribution >= 0.6 is 0 Å². The van der Waals surface area contributed by atoms with E-state index in [1.807, 2.05) is 6.07 Å². The number of rotatable bonds is 12. The molecule has 0 aromatic heterocycles. The summed E-state index contributed by atoms with van der Waals surface area (Å²) in [4.78, 5) is 39.2. The number of benzene rings is 2. The van der Waals surface area contributed by atoms with Gasteiger partial charge in [-0.05, 0) is 51.5 Å². The van der Waals surface area contributed by atoms with E-state index in [9.17, 15) is 36.3 Å². The fourth-order valence-electron chi connectivity index (χ4n) is 3.71. The first-order valence-electron chi connectivity index (χ1n) is 13.3. The first kappa shape index (κ1) is 34.3. The summed E-state index contributed by atoms with van der Waals surface area (Å²) in [5.74, 6) is -15.1. The lowest BCUT2D eigenvalue weighted by Crippen LogP contribution is -2.49. The van der Waals surface area contributed by atoms with Crippen LogP contribution in [0, 0.1) is 35.0 Å². The zero-order chi connectivity index (χ0) is 31.6. The molecule has 0 saturated carbocycles. The number of esters is 1. The lowest BCUT2D eigenvalue weighted by molar-refractivity contribution is -0.141. The summed E-state index contributed by atoms with van der Waals surface area (Å²) in [6.45, 7) is 8.23. The van der Waals surface area contributed by atoms with Crippen molar-refractivity contribution in [3.8, 4) is 5.75 Å². The Kier molecular flexibility index (Phi) is 12.5. The van der Waals surface area contributed by atoms with Crippen molar-refractivity contribution in [3.63, 3.8) is 0 Å². The summed E-state index contributed by atoms with van der Waals surface area (Å²) >= 11 is 0. The van der Waals surface area contributed by atoms with Gasteiger partial charge in [-0.15, -0.1) is 0 Å². The average molecular weight is 603 g/mol. The van der Waals surface area contributed by atoms with Crippen molar-refractivity contribution in [2.75, 3.05) is 13.1 Å². The van der Waals surface area contributed by atoms with E-state index in [-0.39, 0.29) is 38.5 Å². The minimum atomic E-state index is -2.41. The van der Waals surface area contributed by atoms with Gasteiger partial charge >= 0.3 is 18.2 Å². The van der Waals surface area contributed by atoms with E-state index in [1.165, 1.54) is 0 Å². The van der Waals surface area contributed by atoms with E-state index in [4.69, 9.17) is 9.47 Å². The topological polar surface area (TPSA) is 94.2 Å². The molecule has 0 radical (unpaired) electrons. The van der Waals surface area contributed by atoms with E-state index in [0.717, 1.165) is 10.5 Å². The van der Waals surface area contributed by atoms with Gasteiger partial charge in [0.1, 0.15) is 18.2 Å². The number of unbranched alkanes of at least 4 members (excludes halogenated alkanes) is 1. The predicted octanol–water partition coefficient (Wildman–Crippen LogP) is 6.65. The van der Waals surface area contributed by atoms with Crippen LogP contribution in [0.3, 0.4) is 0 Å². The van der Waals surface area contributed by atoms with E-state index in [1.54, 1.807) is 58.9 Å². The van der Waals surface area contributed by atoms with Crippen LogP contribution in [-0.4, -0.2) is 47.8 Å². The van der Waals surface area contributed by atoms with Crippen LogP contribution in [0.15, 0.2) is 30.3 Å². The number of halogens is 5. The van der Waals surface area contributed by atoms with Crippen molar-refractivity contribution in [1.82, 2.24) is 10.2 Å². The monoisotopic (exact) mass is 602 g/mol. The van der Waals surface area contributed by atoms with E-state index in [2.05, 4.69) is 10.1 Å². The Morgan fingerprint density at radius 3 is 2.00 bits per heavy atom. The Labute approximate surface area is 241 Å². The molecule has 13 heteroatoms. The van der Waals surface area contributed by atoms with Gasteiger partial charge in [0.25, 0.3) is 0 Å². The molecule has 0 aliphatic rings. The van der Waals surface area contributed by atoms with Gasteiger partial charge in [-0.2, -0.15) is 8.78 Å². The van der Waals surface area contributed by atoms with Crippen molar-refractivity contribution in [2.24, 2.45) is 5.92 Å².